The molecule has 2 rings (SSSR count). The number of hydrogen-bond acceptors (Lipinski definition) is 6. The Kier molecular flexibility index (Phi) is 6.87. The molecular formula is C17H26N2O6S2. The fourth-order valence-corrected chi connectivity index (χ4v) is 5.90. The van der Waals surface area contributed by atoms with Gasteiger partial charge in [-0.15, -0.1) is 0 Å². The molecule has 1 atom stereocenters. The summed E-state index contributed by atoms with van der Waals surface area (Å²) in [5, 5.41) is 0. The third-order valence-corrected chi connectivity index (χ3v) is 7.53. The second-order valence-electron chi connectivity index (χ2n) is 6.45. The summed E-state index contributed by atoms with van der Waals surface area (Å²) in [5.74, 6) is -1.43. The molecule has 1 saturated heterocycles. The highest BCUT2D eigenvalue weighted by molar-refractivity contribution is 7.94. The van der Waals surface area contributed by atoms with Crippen LogP contribution in [0.15, 0.2) is 23.1 Å². The summed E-state index contributed by atoms with van der Waals surface area (Å²) in [6.45, 7) is 5.77. The maximum Gasteiger partial charge on any atom is 0.244 e. The second-order valence-corrected chi connectivity index (χ2v) is 10.0. The summed E-state index contributed by atoms with van der Waals surface area (Å²) in [6, 6.07) is 3.94. The van der Waals surface area contributed by atoms with Crippen molar-refractivity contribution in [3.8, 4) is 5.75 Å². The van der Waals surface area contributed by atoms with Crippen molar-refractivity contribution in [2.45, 2.75) is 44.9 Å². The van der Waals surface area contributed by atoms with Crippen molar-refractivity contribution >= 4 is 31.6 Å². The number of benzene rings is 1. The predicted octanol–water partition coefficient (Wildman–Crippen LogP) is 1.87. The number of anilines is 1. The van der Waals surface area contributed by atoms with E-state index in [0.717, 1.165) is 12.8 Å². The topological polar surface area (TPSA) is 110 Å². The third kappa shape index (κ3) is 4.80. The first-order valence-electron chi connectivity index (χ1n) is 8.97. The van der Waals surface area contributed by atoms with Crippen LogP contribution in [0.25, 0.3) is 0 Å². The van der Waals surface area contributed by atoms with E-state index in [1.54, 1.807) is 6.92 Å². The van der Waals surface area contributed by atoms with Gasteiger partial charge >= 0.3 is 0 Å². The summed E-state index contributed by atoms with van der Waals surface area (Å²) >= 11 is 0. The van der Waals surface area contributed by atoms with E-state index >= 15 is 0 Å². The molecule has 0 aromatic heterocycles. The Morgan fingerprint density at radius 2 is 1.96 bits per heavy atom. The number of carbonyl (C=O) groups is 1. The Morgan fingerprint density at radius 3 is 2.52 bits per heavy atom. The maximum atomic E-state index is 12.7. The van der Waals surface area contributed by atoms with Crippen LogP contribution in [0.1, 0.15) is 40.0 Å². The van der Waals surface area contributed by atoms with Crippen LogP contribution in [0.4, 0.5) is 5.69 Å². The second kappa shape index (κ2) is 8.57. The Balaban J connectivity index is 2.44. The zero-order chi connectivity index (χ0) is 20.2. The van der Waals surface area contributed by atoms with Gasteiger partial charge in [-0.25, -0.2) is 25.9 Å². The highest BCUT2D eigenvalue weighted by Gasteiger charge is 2.42. The van der Waals surface area contributed by atoms with Gasteiger partial charge in [0.25, 0.3) is 0 Å². The molecule has 152 valence electrons. The first-order valence-corrected chi connectivity index (χ1v) is 12.1. The van der Waals surface area contributed by atoms with Gasteiger partial charge in [0.15, 0.2) is 0 Å². The third-order valence-electron chi connectivity index (χ3n) is 4.18. The smallest absolute Gasteiger partial charge is 0.244 e. The molecule has 10 heteroatoms. The Hall–Kier alpha value is -1.65. The minimum Gasteiger partial charge on any atom is -0.492 e. The summed E-state index contributed by atoms with van der Waals surface area (Å²) in [7, 11) is -7.74. The van der Waals surface area contributed by atoms with E-state index in [1.807, 2.05) is 6.92 Å². The van der Waals surface area contributed by atoms with Gasteiger partial charge in [0.05, 0.1) is 24.0 Å². The van der Waals surface area contributed by atoms with E-state index in [0.29, 0.717) is 10.7 Å². The van der Waals surface area contributed by atoms with E-state index in [1.165, 1.54) is 25.1 Å². The lowest BCUT2D eigenvalue weighted by atomic mass is 10.2. The van der Waals surface area contributed by atoms with Crippen LogP contribution >= 0.6 is 0 Å². The van der Waals surface area contributed by atoms with Gasteiger partial charge in [-0.2, -0.15) is 0 Å². The van der Waals surface area contributed by atoms with Crippen molar-refractivity contribution in [1.82, 2.24) is 4.72 Å². The summed E-state index contributed by atoms with van der Waals surface area (Å²) < 4.78 is 58.6. The molecule has 0 bridgehead atoms. The lowest BCUT2D eigenvalue weighted by Crippen LogP contribution is -2.31. The van der Waals surface area contributed by atoms with Gasteiger partial charge in [-0.1, -0.05) is 26.7 Å². The number of nitrogens with zero attached hydrogens (tertiary/aromatic N) is 1. The van der Waals surface area contributed by atoms with E-state index < -0.39 is 31.9 Å². The van der Waals surface area contributed by atoms with E-state index in [4.69, 9.17) is 4.74 Å². The van der Waals surface area contributed by atoms with Gasteiger partial charge in [0, 0.05) is 6.54 Å². The average Bonchev–Trinajstić information content (AvgIpc) is 2.80. The van der Waals surface area contributed by atoms with Gasteiger partial charge < -0.3 is 4.74 Å². The zero-order valence-corrected chi connectivity index (χ0v) is 17.4. The van der Waals surface area contributed by atoms with E-state index in [9.17, 15) is 21.6 Å². The van der Waals surface area contributed by atoms with Crippen LogP contribution in [0, 0.1) is 5.92 Å². The van der Waals surface area contributed by atoms with E-state index in [-0.39, 0.29) is 35.2 Å². The largest absolute Gasteiger partial charge is 0.492 e. The highest BCUT2D eigenvalue weighted by Crippen LogP contribution is 2.34. The van der Waals surface area contributed by atoms with Gasteiger partial charge in [0.1, 0.15) is 10.6 Å². The number of hydrogen-bond donors (Lipinski definition) is 1. The fraction of sp³-hybridized carbons (Fsp3) is 0.588. The molecule has 1 amide bonds. The minimum absolute atomic E-state index is 0.00161. The molecule has 0 spiro atoms. The number of carbonyl (C=O) groups excluding carboxylic acids is 1. The molecule has 0 saturated carbocycles. The summed E-state index contributed by atoms with van der Waals surface area (Å²) in [5.41, 5.74) is 0.00161. The van der Waals surface area contributed by atoms with Crippen molar-refractivity contribution in [3.63, 3.8) is 0 Å². The van der Waals surface area contributed by atoms with Crippen molar-refractivity contribution in [1.29, 1.82) is 0 Å². The number of amides is 1. The van der Waals surface area contributed by atoms with Crippen molar-refractivity contribution < 1.29 is 26.4 Å². The number of ether oxygens (including phenoxy) is 1. The predicted molar refractivity (Wildman–Crippen MR) is 103 cm³/mol. The van der Waals surface area contributed by atoms with Crippen LogP contribution in [0.2, 0.25) is 0 Å². The first kappa shape index (κ1) is 21.6. The summed E-state index contributed by atoms with van der Waals surface area (Å²) in [6.07, 6.45) is 2.53. The average molecular weight is 419 g/mol. The van der Waals surface area contributed by atoms with Crippen LogP contribution < -0.4 is 13.8 Å². The Bertz CT molecular complexity index is 896. The normalized spacial score (nSPS) is 19.4. The highest BCUT2D eigenvalue weighted by atomic mass is 32.2. The standard InChI is InChI=1S/C17H26N2O6S2/c1-4-6-7-10-18-27(23,24)16-11-14(8-9-15(16)25-5-2)19-17(20)13(3)12-26(19,21)22/h8-9,11,13,18H,4-7,10,12H2,1-3H3. The lowest BCUT2D eigenvalue weighted by Gasteiger charge is -2.18. The van der Waals surface area contributed by atoms with Crippen molar-refractivity contribution in [2.24, 2.45) is 5.92 Å². The monoisotopic (exact) mass is 418 g/mol. The molecule has 0 radical (unpaired) electrons. The molecule has 1 N–H and O–H groups in total. The molecule has 1 aliphatic rings. The number of nitrogens with one attached hydrogen (secondary N) is 1. The molecule has 1 unspecified atom stereocenters. The zero-order valence-electron chi connectivity index (χ0n) is 15.8. The first-order chi connectivity index (χ1) is 12.6. The minimum atomic E-state index is -3.92. The van der Waals surface area contributed by atoms with Gasteiger partial charge in [0.2, 0.25) is 26.0 Å². The molecule has 27 heavy (non-hydrogen) atoms. The number of sulfonamides is 2. The quantitative estimate of drug-likeness (QED) is 0.613. The molecule has 1 aliphatic heterocycles. The summed E-state index contributed by atoms with van der Waals surface area (Å²) in [4.78, 5) is 12.1. The maximum absolute atomic E-state index is 12.7. The molecule has 8 nitrogen and oxygen atoms in total. The number of unbranched alkanes of at least 4 members (excludes halogenated alkanes) is 2. The lowest BCUT2D eigenvalue weighted by molar-refractivity contribution is -0.119. The SMILES string of the molecule is CCCCCNS(=O)(=O)c1cc(N2C(=O)C(C)CS2(=O)=O)ccc1OCC. The van der Waals surface area contributed by atoms with Crippen LogP contribution in [0.3, 0.4) is 0 Å². The molecule has 1 aromatic carbocycles. The van der Waals surface area contributed by atoms with Gasteiger partial charge in [-0.3, -0.25) is 4.79 Å². The van der Waals surface area contributed by atoms with Crippen LogP contribution in [-0.4, -0.2) is 41.6 Å². The van der Waals surface area contributed by atoms with Crippen LogP contribution in [-0.2, 0) is 24.8 Å². The molecule has 1 aromatic rings. The van der Waals surface area contributed by atoms with Gasteiger partial charge in [-0.05, 0) is 31.5 Å². The van der Waals surface area contributed by atoms with Crippen molar-refractivity contribution in [3.05, 3.63) is 18.2 Å². The molecule has 1 fully saturated rings. The fourth-order valence-electron chi connectivity index (χ4n) is 2.85. The molecular weight excluding hydrogens is 392 g/mol. The Morgan fingerprint density at radius 1 is 1.26 bits per heavy atom. The van der Waals surface area contributed by atoms with E-state index in [2.05, 4.69) is 4.72 Å². The molecule has 0 aliphatic carbocycles. The van der Waals surface area contributed by atoms with Crippen LogP contribution in [0.5, 0.6) is 5.75 Å². The Labute approximate surface area is 161 Å². The molecule has 1 heterocycles. The van der Waals surface area contributed by atoms with Crippen molar-refractivity contribution in [2.75, 3.05) is 23.2 Å². The number of rotatable bonds is 9.